The number of hydrogen-bond acceptors (Lipinski definition) is 18. The Labute approximate surface area is 368 Å². The summed E-state index contributed by atoms with van der Waals surface area (Å²) in [7, 11) is 0. The van der Waals surface area contributed by atoms with Gasteiger partial charge in [-0.05, 0) is 92.8 Å². The predicted octanol–water partition coefficient (Wildman–Crippen LogP) is -0.813. The van der Waals surface area contributed by atoms with Crippen LogP contribution in [0, 0.1) is 46.3 Å². The molecule has 0 bridgehead atoms. The monoisotopic (exact) mass is 900 g/mol. The van der Waals surface area contributed by atoms with Gasteiger partial charge in [0.05, 0.1) is 38.1 Å². The van der Waals surface area contributed by atoms with Crippen LogP contribution in [0.4, 0.5) is 0 Å². The van der Waals surface area contributed by atoms with E-state index in [-0.39, 0.29) is 35.4 Å². The second-order valence-electron chi connectivity index (χ2n) is 21.0. The van der Waals surface area contributed by atoms with Gasteiger partial charge < -0.3 is 89.0 Å². The van der Waals surface area contributed by atoms with E-state index in [1.165, 1.54) is 12.5 Å². The van der Waals surface area contributed by atoms with Gasteiger partial charge in [-0.2, -0.15) is 0 Å². The second kappa shape index (κ2) is 17.8. The molecular formula is C45H72O18. The van der Waals surface area contributed by atoms with Crippen molar-refractivity contribution in [3.8, 4) is 0 Å². The van der Waals surface area contributed by atoms with Gasteiger partial charge in [0.1, 0.15) is 67.1 Å². The largest absolute Gasteiger partial charge is 0.396 e. The highest BCUT2D eigenvalue weighted by Crippen LogP contribution is 2.70. The third-order valence-corrected chi connectivity index (χ3v) is 17.8. The second-order valence-corrected chi connectivity index (χ2v) is 21.0. The Morgan fingerprint density at radius 3 is 2.02 bits per heavy atom. The van der Waals surface area contributed by atoms with E-state index in [0.29, 0.717) is 43.1 Å². The number of ether oxygens (including phenoxy) is 8. The minimum Gasteiger partial charge on any atom is -0.396 e. The molecule has 3 saturated carbocycles. The number of fused-ring (bicyclic) bond motifs is 7. The Balaban J connectivity index is 0.934. The maximum atomic E-state index is 11.6. The standard InChI is InChI=1S/C45H72O18/c1-19-30-27(63-45(19)12-7-21(15-46)18-56-45)14-26-24-6-5-22-13-23(8-10-43(22,3)25(24)9-11-44(26,30)4)58-42-39(62-40-36(54)34(52)31(49)20(2)57-40)38(33(51)29(17-48)60-42)61-41-37(55)35(53)32(50)28(16-47)59-41/h5,19-21,23-42,46-55H,6-18H2,1-4H3/t19-,20-,21-,23-,24+,25-,26-,27-,28+,29+,30-,31-,32+,33+,34+,35-,36+,37+,38-,39+,40-,41-,42+,43-,44-,45+/m0/s1. The van der Waals surface area contributed by atoms with Gasteiger partial charge in [-0.15, -0.1) is 0 Å². The molecule has 10 N–H and O–H groups in total. The number of aliphatic hydroxyl groups excluding tert-OH is 10. The first-order chi connectivity index (χ1) is 30.0. The average molecular weight is 901 g/mol. The highest BCUT2D eigenvalue weighted by atomic mass is 16.8. The summed E-state index contributed by atoms with van der Waals surface area (Å²) in [6, 6.07) is 0. The van der Waals surface area contributed by atoms with E-state index in [4.69, 9.17) is 37.9 Å². The molecule has 0 amide bonds. The molecule has 5 aliphatic heterocycles. The lowest BCUT2D eigenvalue weighted by Crippen LogP contribution is -2.67. The van der Waals surface area contributed by atoms with Crippen molar-refractivity contribution in [1.82, 2.24) is 0 Å². The molecule has 0 aromatic rings. The van der Waals surface area contributed by atoms with Crippen LogP contribution < -0.4 is 0 Å². The molecule has 63 heavy (non-hydrogen) atoms. The van der Waals surface area contributed by atoms with Crippen LogP contribution in [0.1, 0.15) is 85.5 Å². The molecule has 9 aliphatic rings. The van der Waals surface area contributed by atoms with Crippen LogP contribution in [0.3, 0.4) is 0 Å². The van der Waals surface area contributed by atoms with E-state index in [9.17, 15) is 51.1 Å². The SMILES string of the molecule is C[C@@H]1O[C@@H](O[C@H]2[C@H](O[C@H]3CC[C@@]4(C)C(=CC[C@H]5[C@@H]6C[C@@H]7O[C@]8(CC[C@@H](CO)CO8)[C@@H](C)[C@@H]7[C@@]6(C)CC[C@@H]54)C3)O[C@H](CO)[C@@H](O)[C@@H]2O[C@@H]2O[C@H](CO)[C@@H](O)[C@H](O)[C@H]2O)[C@H](O)[C@H](O)[C@H]1O. The van der Waals surface area contributed by atoms with Gasteiger partial charge in [0.2, 0.25) is 0 Å². The van der Waals surface area contributed by atoms with Gasteiger partial charge in [-0.3, -0.25) is 0 Å². The summed E-state index contributed by atoms with van der Waals surface area (Å²) >= 11 is 0. The highest BCUT2D eigenvalue weighted by Gasteiger charge is 2.69. The molecule has 8 fully saturated rings. The Morgan fingerprint density at radius 2 is 1.33 bits per heavy atom. The average Bonchev–Trinajstić information content (AvgIpc) is 3.72. The molecule has 9 rings (SSSR count). The van der Waals surface area contributed by atoms with Gasteiger partial charge in [-0.25, -0.2) is 0 Å². The van der Waals surface area contributed by atoms with Crippen molar-refractivity contribution in [1.29, 1.82) is 0 Å². The van der Waals surface area contributed by atoms with Crippen molar-refractivity contribution >= 4 is 0 Å². The van der Waals surface area contributed by atoms with Gasteiger partial charge in [0.25, 0.3) is 0 Å². The van der Waals surface area contributed by atoms with Crippen LogP contribution in [0.5, 0.6) is 0 Å². The first-order valence-corrected chi connectivity index (χ1v) is 23.5. The zero-order valence-electron chi connectivity index (χ0n) is 36.8. The third kappa shape index (κ3) is 7.81. The molecule has 5 saturated heterocycles. The van der Waals surface area contributed by atoms with Gasteiger partial charge in [0, 0.05) is 24.9 Å². The molecule has 26 atom stereocenters. The summed E-state index contributed by atoms with van der Waals surface area (Å²) < 4.78 is 50.1. The predicted molar refractivity (Wildman–Crippen MR) is 216 cm³/mol. The fourth-order valence-corrected chi connectivity index (χ4v) is 14.1. The van der Waals surface area contributed by atoms with Crippen molar-refractivity contribution in [3.05, 3.63) is 11.6 Å². The van der Waals surface area contributed by atoms with Crippen LogP contribution in [0.15, 0.2) is 11.6 Å². The van der Waals surface area contributed by atoms with Crippen molar-refractivity contribution < 1.29 is 89.0 Å². The fourth-order valence-electron chi connectivity index (χ4n) is 14.1. The molecule has 360 valence electrons. The first-order valence-electron chi connectivity index (χ1n) is 23.5. The number of hydrogen-bond donors (Lipinski definition) is 10. The molecule has 0 aromatic carbocycles. The summed E-state index contributed by atoms with van der Waals surface area (Å²) in [6.45, 7) is 7.95. The number of rotatable bonds is 9. The van der Waals surface area contributed by atoms with Crippen molar-refractivity contribution in [2.24, 2.45) is 46.3 Å². The normalized spacial score (nSPS) is 56.9. The lowest BCUT2D eigenvalue weighted by Gasteiger charge is -2.59. The molecule has 4 aliphatic carbocycles. The fraction of sp³-hybridized carbons (Fsp3) is 0.956. The van der Waals surface area contributed by atoms with Gasteiger partial charge in [0.15, 0.2) is 24.7 Å². The van der Waals surface area contributed by atoms with Crippen LogP contribution in [0.2, 0.25) is 0 Å². The van der Waals surface area contributed by atoms with Crippen LogP contribution in [-0.4, -0.2) is 188 Å². The summed E-state index contributed by atoms with van der Waals surface area (Å²) in [4.78, 5) is 0. The third-order valence-electron chi connectivity index (χ3n) is 17.8. The number of allylic oxidation sites excluding steroid dienone is 1. The summed E-state index contributed by atoms with van der Waals surface area (Å²) in [6.07, 6.45) is -13.2. The Hall–Kier alpha value is -0.980. The summed E-state index contributed by atoms with van der Waals surface area (Å²) in [5, 5.41) is 106. The Kier molecular flexibility index (Phi) is 13.3. The van der Waals surface area contributed by atoms with Gasteiger partial charge >= 0.3 is 0 Å². The molecule has 0 unspecified atom stereocenters. The van der Waals surface area contributed by atoms with Gasteiger partial charge in [-0.1, -0.05) is 32.4 Å². The van der Waals surface area contributed by atoms with E-state index >= 15 is 0 Å². The lowest BCUT2D eigenvalue weighted by molar-refractivity contribution is -0.394. The molecule has 18 nitrogen and oxygen atoms in total. The van der Waals surface area contributed by atoms with Crippen molar-refractivity contribution in [3.63, 3.8) is 0 Å². The van der Waals surface area contributed by atoms with E-state index in [2.05, 4.69) is 26.8 Å². The summed E-state index contributed by atoms with van der Waals surface area (Å²) in [5.41, 5.74) is 1.36. The van der Waals surface area contributed by atoms with E-state index in [0.717, 1.165) is 44.9 Å². The smallest absolute Gasteiger partial charge is 0.187 e. The molecule has 0 aromatic heterocycles. The minimum atomic E-state index is -1.85. The van der Waals surface area contributed by atoms with Crippen LogP contribution >= 0.6 is 0 Å². The summed E-state index contributed by atoms with van der Waals surface area (Å²) in [5.74, 6) is 1.77. The van der Waals surface area contributed by atoms with Crippen LogP contribution in [-0.2, 0) is 37.9 Å². The molecular weight excluding hydrogens is 828 g/mol. The van der Waals surface area contributed by atoms with Crippen LogP contribution in [0.25, 0.3) is 0 Å². The maximum Gasteiger partial charge on any atom is 0.187 e. The molecule has 5 heterocycles. The van der Waals surface area contributed by atoms with E-state index < -0.39 is 117 Å². The highest BCUT2D eigenvalue weighted by molar-refractivity contribution is 5.26. The minimum absolute atomic E-state index is 0.0731. The Bertz CT molecular complexity index is 1630. The number of aliphatic hydroxyl groups is 10. The van der Waals surface area contributed by atoms with E-state index in [1.54, 1.807) is 0 Å². The lowest BCUT2D eigenvalue weighted by atomic mass is 9.47. The van der Waals surface area contributed by atoms with E-state index in [1.807, 2.05) is 0 Å². The molecule has 18 heteroatoms. The van der Waals surface area contributed by atoms with Crippen molar-refractivity contribution in [2.75, 3.05) is 26.4 Å². The Morgan fingerprint density at radius 1 is 0.667 bits per heavy atom. The first kappa shape index (κ1) is 47.1. The quantitative estimate of drug-likeness (QED) is 0.127. The molecule has 0 radical (unpaired) electrons. The zero-order chi connectivity index (χ0) is 44.9. The molecule has 1 spiro atoms. The maximum absolute atomic E-state index is 11.6. The topological polar surface area (TPSA) is 276 Å². The zero-order valence-corrected chi connectivity index (χ0v) is 36.8. The van der Waals surface area contributed by atoms with Crippen molar-refractivity contribution in [2.45, 2.75) is 196 Å².